The Labute approximate surface area is 215 Å². The molecule has 0 aromatic carbocycles. The van der Waals surface area contributed by atoms with E-state index in [-0.39, 0.29) is 47.1 Å². The third kappa shape index (κ3) is 3.36. The minimum absolute atomic E-state index is 0.0360. The predicted octanol–water partition coefficient (Wildman–Crippen LogP) is 4.07. The van der Waals surface area contributed by atoms with Gasteiger partial charge in [-0.1, -0.05) is 50.8 Å². The highest BCUT2D eigenvalue weighted by Gasteiger charge is 2.76. The van der Waals surface area contributed by atoms with Gasteiger partial charge in [0.15, 0.2) is 23.5 Å². The van der Waals surface area contributed by atoms with Gasteiger partial charge in [0.25, 0.3) is 0 Å². The van der Waals surface area contributed by atoms with Gasteiger partial charge in [0.1, 0.15) is 0 Å². The topological polar surface area (TPSA) is 76.1 Å². The van der Waals surface area contributed by atoms with E-state index in [0.29, 0.717) is 25.3 Å². The summed E-state index contributed by atoms with van der Waals surface area (Å²) in [6, 6.07) is 0. The molecule has 3 saturated carbocycles. The molecule has 6 aliphatic rings. The van der Waals surface area contributed by atoms with Crippen molar-refractivity contribution in [3.05, 3.63) is 23.8 Å². The van der Waals surface area contributed by atoms with Gasteiger partial charge in [0.2, 0.25) is 0 Å². The number of Topliss-reactive ketones (excluding diaryl/α,β-unsaturated/α-hetero) is 1. The number of ketones is 2. The van der Waals surface area contributed by atoms with E-state index in [4.69, 9.17) is 9.47 Å². The molecule has 0 bridgehead atoms. The second-order valence-corrected chi connectivity index (χ2v) is 13.4. The number of aliphatic hydroxyl groups excluding tert-OH is 1. The maximum absolute atomic E-state index is 14.2. The number of hydrogen-bond acceptors (Lipinski definition) is 6. The Morgan fingerprint density at radius 2 is 1.94 bits per heavy atom. The first-order chi connectivity index (χ1) is 17.1. The standard InChI is InChI=1S/C30H43NO5/c1-28-13-12-20(32)14-19(28)10-11-21-22-15-25-30(24(34)17-31(3)4,29(22,2)16-23(33)26(21)28)36-27(35-25)18-8-6-5-7-9-18/h10,12-13,18,21-23,25-27,33H,5-9,11,14-17H2,1-4H3/t21-,22-,23-,25+,26+,27+,28-,29-,30+/m0/s1. The summed E-state index contributed by atoms with van der Waals surface area (Å²) in [5, 5.41) is 11.8. The molecule has 6 nitrogen and oxygen atoms in total. The van der Waals surface area contributed by atoms with Gasteiger partial charge in [-0.05, 0) is 64.1 Å². The van der Waals surface area contributed by atoms with Crippen molar-refractivity contribution < 1.29 is 24.2 Å². The van der Waals surface area contributed by atoms with Crippen LogP contribution in [0.25, 0.3) is 0 Å². The molecule has 1 N–H and O–H groups in total. The zero-order chi connectivity index (χ0) is 25.5. The molecule has 6 heteroatoms. The molecular weight excluding hydrogens is 454 g/mol. The summed E-state index contributed by atoms with van der Waals surface area (Å²) < 4.78 is 13.7. The lowest BCUT2D eigenvalue weighted by molar-refractivity contribution is -0.207. The second-order valence-electron chi connectivity index (χ2n) is 13.4. The van der Waals surface area contributed by atoms with Gasteiger partial charge >= 0.3 is 0 Å². The van der Waals surface area contributed by atoms with Crippen LogP contribution in [0.1, 0.15) is 71.6 Å². The molecule has 0 spiro atoms. The number of likely N-dealkylation sites (N-methyl/N-ethyl adjacent to an activating group) is 1. The molecule has 1 heterocycles. The molecule has 0 radical (unpaired) electrons. The first-order valence-corrected chi connectivity index (χ1v) is 14.2. The van der Waals surface area contributed by atoms with Gasteiger partial charge in [-0.3, -0.25) is 9.59 Å². The Bertz CT molecular complexity index is 997. The molecule has 5 aliphatic carbocycles. The number of ether oxygens (including phenoxy) is 2. The van der Waals surface area contributed by atoms with Crippen LogP contribution in [0.3, 0.4) is 0 Å². The number of carbonyl (C=O) groups excluding carboxylic acids is 2. The largest absolute Gasteiger partial charge is 0.393 e. The van der Waals surface area contributed by atoms with E-state index < -0.39 is 17.1 Å². The van der Waals surface area contributed by atoms with Crippen molar-refractivity contribution in [2.24, 2.45) is 34.5 Å². The summed E-state index contributed by atoms with van der Waals surface area (Å²) in [5.41, 5.74) is -0.674. The van der Waals surface area contributed by atoms with Crippen molar-refractivity contribution in [1.29, 1.82) is 0 Å². The molecule has 0 aromatic heterocycles. The number of hydrogen-bond donors (Lipinski definition) is 1. The monoisotopic (exact) mass is 497 g/mol. The summed E-state index contributed by atoms with van der Waals surface area (Å²) in [6.45, 7) is 4.72. The average molecular weight is 498 g/mol. The maximum atomic E-state index is 14.2. The Morgan fingerprint density at radius 1 is 1.19 bits per heavy atom. The third-order valence-electron chi connectivity index (χ3n) is 11.1. The van der Waals surface area contributed by atoms with Gasteiger partial charge in [-0.2, -0.15) is 0 Å². The Hall–Kier alpha value is -1.34. The zero-order valence-electron chi connectivity index (χ0n) is 22.4. The van der Waals surface area contributed by atoms with Crippen LogP contribution in [-0.4, -0.2) is 66.3 Å². The van der Waals surface area contributed by atoms with E-state index in [1.807, 2.05) is 25.1 Å². The SMILES string of the molecule is CN(C)CC(=O)[C@@]12O[C@H](C3CCCCC3)O[C@@H]1C[C@H]1[C@@H]3CC=C4CC(=O)C=C[C@]4(C)[C@H]3[C@@H](O)C[C@@]12C. The molecule has 198 valence electrons. The lowest BCUT2D eigenvalue weighted by atomic mass is 9.47. The number of rotatable bonds is 4. The Balaban J connectivity index is 1.38. The van der Waals surface area contributed by atoms with Crippen molar-refractivity contribution in [2.75, 3.05) is 20.6 Å². The quantitative estimate of drug-likeness (QED) is 0.590. The second kappa shape index (κ2) is 8.59. The molecule has 0 aromatic rings. The van der Waals surface area contributed by atoms with Crippen molar-refractivity contribution in [1.82, 2.24) is 4.90 Å². The minimum Gasteiger partial charge on any atom is -0.393 e. The number of carbonyl (C=O) groups is 2. The highest BCUT2D eigenvalue weighted by molar-refractivity contribution is 5.93. The summed E-state index contributed by atoms with van der Waals surface area (Å²) in [7, 11) is 3.87. The van der Waals surface area contributed by atoms with Crippen molar-refractivity contribution in [3.8, 4) is 0 Å². The molecule has 4 fully saturated rings. The highest BCUT2D eigenvalue weighted by Crippen LogP contribution is 2.69. The van der Waals surface area contributed by atoms with Gasteiger partial charge in [-0.15, -0.1) is 0 Å². The minimum atomic E-state index is -1.01. The molecule has 6 rings (SSSR count). The van der Waals surface area contributed by atoms with Gasteiger partial charge in [-0.25, -0.2) is 0 Å². The molecule has 36 heavy (non-hydrogen) atoms. The fraction of sp³-hybridized carbons (Fsp3) is 0.800. The zero-order valence-corrected chi connectivity index (χ0v) is 22.4. The van der Waals surface area contributed by atoms with E-state index in [2.05, 4.69) is 19.9 Å². The summed E-state index contributed by atoms with van der Waals surface area (Å²) in [6.07, 6.45) is 13.3. The maximum Gasteiger partial charge on any atom is 0.181 e. The summed E-state index contributed by atoms with van der Waals surface area (Å²) in [5.74, 6) is 1.07. The molecule has 0 unspecified atom stereocenters. The first-order valence-electron chi connectivity index (χ1n) is 14.2. The molecular formula is C30H43NO5. The Morgan fingerprint density at radius 3 is 2.67 bits per heavy atom. The normalized spacial score (nSPS) is 48.3. The van der Waals surface area contributed by atoms with Crippen LogP contribution in [-0.2, 0) is 19.1 Å². The van der Waals surface area contributed by atoms with Crippen LogP contribution in [0.2, 0.25) is 0 Å². The van der Waals surface area contributed by atoms with Crippen LogP contribution in [0.15, 0.2) is 23.8 Å². The number of aliphatic hydroxyl groups is 1. The highest BCUT2D eigenvalue weighted by atomic mass is 16.7. The van der Waals surface area contributed by atoms with Crippen molar-refractivity contribution in [3.63, 3.8) is 0 Å². The van der Waals surface area contributed by atoms with E-state index >= 15 is 0 Å². The molecule has 0 amide bonds. The lowest BCUT2D eigenvalue weighted by Gasteiger charge is -2.59. The number of fused-ring (bicyclic) bond motifs is 7. The van der Waals surface area contributed by atoms with Crippen LogP contribution in [0.4, 0.5) is 0 Å². The van der Waals surface area contributed by atoms with Crippen LogP contribution >= 0.6 is 0 Å². The van der Waals surface area contributed by atoms with Crippen LogP contribution in [0.5, 0.6) is 0 Å². The first kappa shape index (κ1) is 25.0. The average Bonchev–Trinajstić information content (AvgIpc) is 3.33. The van der Waals surface area contributed by atoms with E-state index in [1.54, 1.807) is 6.08 Å². The fourth-order valence-electron chi connectivity index (χ4n) is 9.53. The van der Waals surface area contributed by atoms with E-state index in [1.165, 1.54) is 19.3 Å². The van der Waals surface area contributed by atoms with Crippen molar-refractivity contribution >= 4 is 11.6 Å². The van der Waals surface area contributed by atoms with E-state index in [0.717, 1.165) is 31.3 Å². The smallest absolute Gasteiger partial charge is 0.181 e. The number of allylic oxidation sites excluding steroid dienone is 4. The fourth-order valence-corrected chi connectivity index (χ4v) is 9.53. The van der Waals surface area contributed by atoms with Crippen LogP contribution in [0, 0.1) is 34.5 Å². The number of nitrogens with zero attached hydrogens (tertiary/aromatic N) is 1. The van der Waals surface area contributed by atoms with Crippen molar-refractivity contribution in [2.45, 2.75) is 95.7 Å². The third-order valence-corrected chi connectivity index (χ3v) is 11.1. The van der Waals surface area contributed by atoms with Gasteiger partial charge < -0.3 is 19.5 Å². The lowest BCUT2D eigenvalue weighted by Crippen LogP contribution is -2.64. The molecule has 1 aliphatic heterocycles. The Kier molecular flexibility index (Phi) is 5.96. The van der Waals surface area contributed by atoms with Gasteiger partial charge in [0.05, 0.1) is 18.8 Å². The predicted molar refractivity (Wildman–Crippen MR) is 136 cm³/mol. The molecule has 9 atom stereocenters. The van der Waals surface area contributed by atoms with Crippen LogP contribution < -0.4 is 0 Å². The summed E-state index contributed by atoms with van der Waals surface area (Å²) in [4.78, 5) is 28.3. The van der Waals surface area contributed by atoms with E-state index in [9.17, 15) is 14.7 Å². The van der Waals surface area contributed by atoms with Gasteiger partial charge in [0, 0.05) is 29.1 Å². The summed E-state index contributed by atoms with van der Waals surface area (Å²) >= 11 is 0. The molecule has 1 saturated heterocycles.